The van der Waals surface area contributed by atoms with Crippen LogP contribution in [0.15, 0.2) is 48.8 Å². The first-order valence-electron chi connectivity index (χ1n) is 10.3. The summed E-state index contributed by atoms with van der Waals surface area (Å²) in [4.78, 5) is 33.4. The molecule has 31 heavy (non-hydrogen) atoms. The summed E-state index contributed by atoms with van der Waals surface area (Å²) >= 11 is 0. The van der Waals surface area contributed by atoms with Crippen molar-refractivity contribution in [2.24, 2.45) is 7.05 Å². The standard InChI is InChI=1S/C24H24N4O3/c1-14-12-16(13-15(2)19(14)29)22(30)28-10-8-24(20(28)21-25-9-11-27(21)3)17-6-4-5-7-18(17)26-23(24)31/h4-7,9,11-13,20,29H,8,10H2,1-3H3,(H,26,31)/t20-,24+/m0/s1. The molecule has 5 rings (SSSR count). The molecule has 0 saturated carbocycles. The van der Waals surface area contributed by atoms with Gasteiger partial charge in [0.15, 0.2) is 0 Å². The van der Waals surface area contributed by atoms with E-state index in [-0.39, 0.29) is 17.6 Å². The van der Waals surface area contributed by atoms with Gasteiger partial charge in [0.2, 0.25) is 5.91 Å². The minimum absolute atomic E-state index is 0.102. The number of nitrogens with zero attached hydrogens (tertiary/aromatic N) is 3. The van der Waals surface area contributed by atoms with Crippen molar-refractivity contribution in [1.29, 1.82) is 0 Å². The molecule has 158 valence electrons. The van der Waals surface area contributed by atoms with Gasteiger partial charge < -0.3 is 19.9 Å². The number of carbonyl (C=O) groups is 2. The minimum Gasteiger partial charge on any atom is -0.507 e. The molecule has 2 aromatic carbocycles. The SMILES string of the molecule is Cc1cc(C(=O)N2CC[C@]3(C(=O)Nc4ccccc43)[C@@H]2c2nccn2C)cc(C)c1O. The smallest absolute Gasteiger partial charge is 0.254 e. The van der Waals surface area contributed by atoms with E-state index in [1.165, 1.54) is 0 Å². The first-order valence-corrected chi connectivity index (χ1v) is 10.3. The fourth-order valence-electron chi connectivity index (χ4n) is 5.15. The molecule has 0 aliphatic carbocycles. The highest BCUT2D eigenvalue weighted by Gasteiger charge is 2.60. The molecule has 1 saturated heterocycles. The Bertz CT molecular complexity index is 1210. The van der Waals surface area contributed by atoms with Crippen molar-refractivity contribution < 1.29 is 14.7 Å². The van der Waals surface area contributed by atoms with E-state index in [9.17, 15) is 14.7 Å². The third-order valence-corrected chi connectivity index (χ3v) is 6.69. The van der Waals surface area contributed by atoms with Gasteiger partial charge in [0.1, 0.15) is 23.0 Å². The molecule has 0 unspecified atom stereocenters. The lowest BCUT2D eigenvalue weighted by Crippen LogP contribution is -2.43. The van der Waals surface area contributed by atoms with Crippen LogP contribution in [-0.4, -0.2) is 37.9 Å². The van der Waals surface area contributed by atoms with Crippen LogP contribution in [-0.2, 0) is 17.3 Å². The van der Waals surface area contributed by atoms with E-state index in [2.05, 4.69) is 10.3 Å². The Kier molecular flexibility index (Phi) is 4.18. The Morgan fingerprint density at radius 1 is 1.23 bits per heavy atom. The lowest BCUT2D eigenvalue weighted by atomic mass is 9.74. The number of anilines is 1. The molecule has 2 amide bonds. The number of aryl methyl sites for hydroxylation is 3. The Morgan fingerprint density at radius 3 is 2.61 bits per heavy atom. The Balaban J connectivity index is 1.67. The van der Waals surface area contributed by atoms with E-state index in [0.29, 0.717) is 35.5 Å². The number of rotatable bonds is 2. The summed E-state index contributed by atoms with van der Waals surface area (Å²) < 4.78 is 1.87. The minimum atomic E-state index is -0.896. The molecule has 2 aliphatic rings. The van der Waals surface area contributed by atoms with Crippen molar-refractivity contribution in [3.63, 3.8) is 0 Å². The molecule has 7 nitrogen and oxygen atoms in total. The van der Waals surface area contributed by atoms with Crippen molar-refractivity contribution in [1.82, 2.24) is 14.5 Å². The van der Waals surface area contributed by atoms with Crippen LogP contribution in [0.4, 0.5) is 5.69 Å². The molecule has 0 radical (unpaired) electrons. The van der Waals surface area contributed by atoms with Crippen LogP contribution >= 0.6 is 0 Å². The van der Waals surface area contributed by atoms with Crippen molar-refractivity contribution in [2.45, 2.75) is 31.7 Å². The molecule has 2 aliphatic heterocycles. The van der Waals surface area contributed by atoms with Crippen LogP contribution in [0.3, 0.4) is 0 Å². The molecule has 1 fully saturated rings. The highest BCUT2D eigenvalue weighted by molar-refractivity contribution is 6.08. The number of phenolic OH excluding ortho intramolecular Hbond substituents is 1. The van der Waals surface area contributed by atoms with Gasteiger partial charge in [-0.1, -0.05) is 18.2 Å². The summed E-state index contributed by atoms with van der Waals surface area (Å²) in [5.41, 5.74) is 2.59. The summed E-state index contributed by atoms with van der Waals surface area (Å²) in [6, 6.07) is 10.5. The van der Waals surface area contributed by atoms with E-state index in [4.69, 9.17) is 0 Å². The van der Waals surface area contributed by atoms with Gasteiger partial charge in [-0.05, 0) is 55.2 Å². The summed E-state index contributed by atoms with van der Waals surface area (Å²) in [6.07, 6.45) is 4.03. The number of fused-ring (bicyclic) bond motifs is 2. The largest absolute Gasteiger partial charge is 0.507 e. The van der Waals surface area contributed by atoms with Crippen molar-refractivity contribution in [2.75, 3.05) is 11.9 Å². The number of likely N-dealkylation sites (tertiary alicyclic amines) is 1. The second kappa shape index (κ2) is 6.70. The molecule has 3 aromatic rings. The monoisotopic (exact) mass is 416 g/mol. The van der Waals surface area contributed by atoms with Gasteiger partial charge >= 0.3 is 0 Å². The first kappa shape index (κ1) is 19.4. The van der Waals surface area contributed by atoms with Crippen molar-refractivity contribution in [3.05, 3.63) is 76.9 Å². The van der Waals surface area contributed by atoms with Crippen LogP contribution in [0.5, 0.6) is 5.75 Å². The van der Waals surface area contributed by atoms with E-state index in [1.54, 1.807) is 37.1 Å². The molecule has 2 atom stereocenters. The van der Waals surface area contributed by atoms with Gasteiger partial charge in [-0.25, -0.2) is 4.98 Å². The van der Waals surface area contributed by atoms with Crippen LogP contribution in [0, 0.1) is 13.8 Å². The third kappa shape index (κ3) is 2.62. The number of aromatic nitrogens is 2. The zero-order valence-corrected chi connectivity index (χ0v) is 17.7. The number of hydrogen-bond acceptors (Lipinski definition) is 4. The topological polar surface area (TPSA) is 87.5 Å². The third-order valence-electron chi connectivity index (χ3n) is 6.69. The number of phenols is 1. The molecule has 2 N–H and O–H groups in total. The quantitative estimate of drug-likeness (QED) is 0.672. The second-order valence-electron chi connectivity index (χ2n) is 8.48. The van der Waals surface area contributed by atoms with Gasteiger partial charge in [0, 0.05) is 37.2 Å². The van der Waals surface area contributed by atoms with Gasteiger partial charge in [-0.15, -0.1) is 0 Å². The molecular formula is C24H24N4O3. The van der Waals surface area contributed by atoms with E-state index < -0.39 is 11.5 Å². The van der Waals surface area contributed by atoms with Gasteiger partial charge in [-0.3, -0.25) is 9.59 Å². The molecule has 1 spiro atoms. The summed E-state index contributed by atoms with van der Waals surface area (Å²) in [5, 5.41) is 13.2. The lowest BCUT2D eigenvalue weighted by Gasteiger charge is -2.33. The predicted octanol–water partition coefficient (Wildman–Crippen LogP) is 3.22. The number of imidazole rings is 1. The highest BCUT2D eigenvalue weighted by Crippen LogP contribution is 2.54. The molecular weight excluding hydrogens is 392 g/mol. The maximum atomic E-state index is 13.7. The van der Waals surface area contributed by atoms with Crippen molar-refractivity contribution in [3.8, 4) is 5.75 Å². The number of amides is 2. The van der Waals surface area contributed by atoms with Gasteiger partial charge in [0.05, 0.1) is 0 Å². The van der Waals surface area contributed by atoms with Crippen LogP contribution in [0.1, 0.15) is 45.3 Å². The summed E-state index contributed by atoms with van der Waals surface area (Å²) in [7, 11) is 1.88. The average Bonchev–Trinajstić information content (AvgIpc) is 3.42. The Morgan fingerprint density at radius 2 is 1.94 bits per heavy atom. The Labute approximate surface area is 180 Å². The lowest BCUT2D eigenvalue weighted by molar-refractivity contribution is -0.121. The number of para-hydroxylation sites is 1. The zero-order valence-electron chi connectivity index (χ0n) is 17.7. The highest BCUT2D eigenvalue weighted by atomic mass is 16.3. The maximum Gasteiger partial charge on any atom is 0.254 e. The van der Waals surface area contributed by atoms with Crippen LogP contribution in [0.25, 0.3) is 0 Å². The number of hydrogen-bond donors (Lipinski definition) is 2. The van der Waals surface area contributed by atoms with Gasteiger partial charge in [-0.2, -0.15) is 0 Å². The van der Waals surface area contributed by atoms with Crippen molar-refractivity contribution >= 4 is 17.5 Å². The normalized spacial score (nSPS) is 22.1. The van der Waals surface area contributed by atoms with E-state index in [1.807, 2.05) is 42.1 Å². The fraction of sp³-hybridized carbons (Fsp3) is 0.292. The molecule has 3 heterocycles. The van der Waals surface area contributed by atoms with Gasteiger partial charge in [0.25, 0.3) is 5.91 Å². The molecule has 0 bridgehead atoms. The zero-order chi connectivity index (χ0) is 21.9. The number of nitrogens with one attached hydrogen (secondary N) is 1. The Hall–Kier alpha value is -3.61. The molecule has 7 heteroatoms. The van der Waals surface area contributed by atoms with E-state index in [0.717, 1.165) is 11.3 Å². The summed E-state index contributed by atoms with van der Waals surface area (Å²) in [5.74, 6) is 0.590. The average molecular weight is 416 g/mol. The maximum absolute atomic E-state index is 13.7. The number of carbonyl (C=O) groups excluding carboxylic acids is 2. The van der Waals surface area contributed by atoms with Crippen LogP contribution < -0.4 is 5.32 Å². The van der Waals surface area contributed by atoms with E-state index >= 15 is 0 Å². The first-order chi connectivity index (χ1) is 14.8. The summed E-state index contributed by atoms with van der Waals surface area (Å²) in [6.45, 7) is 3.99. The predicted molar refractivity (Wildman–Crippen MR) is 116 cm³/mol. The van der Waals surface area contributed by atoms with Crippen LogP contribution in [0.2, 0.25) is 0 Å². The fourth-order valence-corrected chi connectivity index (χ4v) is 5.15. The number of benzene rings is 2. The second-order valence-corrected chi connectivity index (χ2v) is 8.48. The number of aromatic hydroxyl groups is 1. The molecule has 1 aromatic heterocycles.